The number of piperidine rings is 1. The number of nitrogens with one attached hydrogen (secondary N) is 1. The Labute approximate surface area is 201 Å². The highest BCUT2D eigenvalue weighted by atomic mass is 19.3. The highest BCUT2D eigenvalue weighted by Gasteiger charge is 2.33. The maximum Gasteiger partial charge on any atom is 0.387 e. The molecule has 0 radical (unpaired) electrons. The number of primary amides is 1. The molecule has 1 aliphatic heterocycles. The predicted molar refractivity (Wildman–Crippen MR) is 123 cm³/mol. The lowest BCUT2D eigenvalue weighted by atomic mass is 9.93. The van der Waals surface area contributed by atoms with Gasteiger partial charge >= 0.3 is 6.61 Å². The lowest BCUT2D eigenvalue weighted by Gasteiger charge is -2.35. The van der Waals surface area contributed by atoms with E-state index in [4.69, 9.17) is 5.73 Å². The predicted octanol–water partition coefficient (Wildman–Crippen LogP) is 1.97. The summed E-state index contributed by atoms with van der Waals surface area (Å²) in [6.45, 7) is -1.20. The Morgan fingerprint density at radius 1 is 1.26 bits per heavy atom. The van der Waals surface area contributed by atoms with E-state index in [0.717, 1.165) is 18.4 Å². The number of rotatable bonds is 11. The second-order valence-electron chi connectivity index (χ2n) is 8.94. The van der Waals surface area contributed by atoms with Crippen LogP contribution in [0.5, 0.6) is 5.75 Å². The number of aromatic nitrogens is 2. The number of carbonyl (C=O) groups is 1. The zero-order valence-corrected chi connectivity index (χ0v) is 19.1. The maximum atomic E-state index is 15.4. The van der Waals surface area contributed by atoms with Crippen LogP contribution < -0.4 is 20.7 Å². The van der Waals surface area contributed by atoms with Gasteiger partial charge in [-0.2, -0.15) is 13.2 Å². The number of anilines is 2. The van der Waals surface area contributed by atoms with Gasteiger partial charge in [0.25, 0.3) is 0 Å². The van der Waals surface area contributed by atoms with Crippen molar-refractivity contribution in [2.24, 2.45) is 11.7 Å². The minimum Gasteiger partial charge on any atom is -0.435 e. The molecule has 9 nitrogen and oxygen atoms in total. The van der Waals surface area contributed by atoms with E-state index >= 15 is 4.39 Å². The molecule has 1 aromatic carbocycles. The van der Waals surface area contributed by atoms with Crippen molar-refractivity contribution in [3.05, 3.63) is 42.0 Å². The number of aliphatic hydroxyl groups is 1. The summed E-state index contributed by atoms with van der Waals surface area (Å²) < 4.78 is 44.6. The van der Waals surface area contributed by atoms with Crippen LogP contribution in [0.15, 0.2) is 30.6 Å². The quantitative estimate of drug-likeness (QED) is 0.434. The van der Waals surface area contributed by atoms with Crippen molar-refractivity contribution in [2.75, 3.05) is 36.4 Å². The molecule has 2 aromatic rings. The first-order valence-corrected chi connectivity index (χ1v) is 11.5. The van der Waals surface area contributed by atoms with E-state index in [-0.39, 0.29) is 35.9 Å². The number of likely N-dealkylation sites (tertiary alicyclic amines) is 1. The summed E-state index contributed by atoms with van der Waals surface area (Å²) in [6.07, 6.45) is 3.03. The van der Waals surface area contributed by atoms with Gasteiger partial charge < -0.3 is 25.8 Å². The average molecular weight is 495 g/mol. The lowest BCUT2D eigenvalue weighted by molar-refractivity contribution is -0.120. The Morgan fingerprint density at radius 2 is 2.00 bits per heavy atom. The van der Waals surface area contributed by atoms with Crippen molar-refractivity contribution in [1.29, 1.82) is 0 Å². The smallest absolute Gasteiger partial charge is 0.387 e. The van der Waals surface area contributed by atoms with Gasteiger partial charge in [-0.15, -0.1) is 0 Å². The number of benzene rings is 1. The fourth-order valence-corrected chi connectivity index (χ4v) is 4.30. The van der Waals surface area contributed by atoms with Crippen LogP contribution in [0.25, 0.3) is 0 Å². The second-order valence-corrected chi connectivity index (χ2v) is 8.94. The summed E-state index contributed by atoms with van der Waals surface area (Å²) in [4.78, 5) is 23.0. The van der Waals surface area contributed by atoms with E-state index in [0.29, 0.717) is 32.6 Å². The van der Waals surface area contributed by atoms with Crippen LogP contribution in [-0.2, 0) is 11.3 Å². The third-order valence-electron chi connectivity index (χ3n) is 6.25. The van der Waals surface area contributed by atoms with Crippen LogP contribution in [0.4, 0.5) is 24.8 Å². The van der Waals surface area contributed by atoms with E-state index in [9.17, 15) is 18.7 Å². The van der Waals surface area contributed by atoms with Crippen molar-refractivity contribution >= 4 is 17.5 Å². The summed E-state index contributed by atoms with van der Waals surface area (Å²) >= 11 is 0. The van der Waals surface area contributed by atoms with Gasteiger partial charge in [-0.1, -0.05) is 12.1 Å². The molecule has 1 aliphatic carbocycles. The minimum absolute atomic E-state index is 0.0492. The summed E-state index contributed by atoms with van der Waals surface area (Å²) in [5.41, 5.74) is 6.03. The number of hydrogen-bond donors (Lipinski definition) is 3. The van der Waals surface area contributed by atoms with Crippen LogP contribution in [0.3, 0.4) is 0 Å². The molecule has 0 unspecified atom stereocenters. The van der Waals surface area contributed by atoms with E-state index in [2.05, 4.69) is 20.0 Å². The van der Waals surface area contributed by atoms with Gasteiger partial charge in [-0.3, -0.25) is 9.69 Å². The summed E-state index contributed by atoms with van der Waals surface area (Å²) in [6, 6.07) is 6.36. The Kier molecular flexibility index (Phi) is 7.91. The topological polar surface area (TPSA) is 117 Å². The Balaban J connectivity index is 1.40. The highest BCUT2D eigenvalue weighted by Crippen LogP contribution is 2.35. The molecule has 2 aliphatic rings. The van der Waals surface area contributed by atoms with E-state index in [1.54, 1.807) is 17.0 Å². The molecule has 0 spiro atoms. The molecule has 4 N–H and O–H groups in total. The lowest BCUT2D eigenvalue weighted by Crippen LogP contribution is -2.48. The molecule has 1 aromatic heterocycles. The fraction of sp³-hybridized carbons (Fsp3) is 0.522. The molecule has 12 heteroatoms. The van der Waals surface area contributed by atoms with Gasteiger partial charge in [0.2, 0.25) is 11.7 Å². The monoisotopic (exact) mass is 494 g/mol. The number of ether oxygens (including phenoxy) is 1. The molecule has 35 heavy (non-hydrogen) atoms. The fourth-order valence-electron chi connectivity index (χ4n) is 4.30. The SMILES string of the molecule is NC(=O)CN1CC[C@@H](CNc2ncnc(N(Cc3ccc(OC(F)F)cc3)C3CC3)c2F)[C@H](O)C1. The summed E-state index contributed by atoms with van der Waals surface area (Å²) in [7, 11) is 0. The third-order valence-corrected chi connectivity index (χ3v) is 6.25. The first-order valence-electron chi connectivity index (χ1n) is 11.5. The van der Waals surface area contributed by atoms with Crippen LogP contribution in [0.2, 0.25) is 0 Å². The Hall–Kier alpha value is -3.12. The van der Waals surface area contributed by atoms with E-state index in [1.165, 1.54) is 18.5 Å². The van der Waals surface area contributed by atoms with Crippen molar-refractivity contribution < 1.29 is 27.8 Å². The molecule has 2 heterocycles. The van der Waals surface area contributed by atoms with Gasteiger partial charge in [0, 0.05) is 31.6 Å². The van der Waals surface area contributed by atoms with Gasteiger partial charge in [0.1, 0.15) is 12.1 Å². The number of alkyl halides is 2. The zero-order valence-electron chi connectivity index (χ0n) is 19.1. The normalized spacial score (nSPS) is 20.6. The maximum absolute atomic E-state index is 15.4. The van der Waals surface area contributed by atoms with Gasteiger partial charge in [-0.25, -0.2) is 9.97 Å². The summed E-state index contributed by atoms with van der Waals surface area (Å²) in [5, 5.41) is 13.4. The van der Waals surface area contributed by atoms with Gasteiger partial charge in [0.05, 0.1) is 12.6 Å². The highest BCUT2D eigenvalue weighted by molar-refractivity contribution is 5.75. The first kappa shape index (κ1) is 25.0. The van der Waals surface area contributed by atoms with Crippen molar-refractivity contribution in [1.82, 2.24) is 14.9 Å². The molecule has 1 saturated carbocycles. The number of halogens is 3. The summed E-state index contributed by atoms with van der Waals surface area (Å²) in [5.74, 6) is -0.892. The molecule has 1 saturated heterocycles. The average Bonchev–Trinajstić information content (AvgIpc) is 3.64. The van der Waals surface area contributed by atoms with Crippen LogP contribution in [0, 0.1) is 11.7 Å². The molecule has 4 rings (SSSR count). The number of amides is 1. The molecular formula is C23H29F3N6O3. The molecule has 1 amide bonds. The number of nitrogens with two attached hydrogens (primary N) is 1. The zero-order chi connectivity index (χ0) is 24.9. The molecule has 2 atom stereocenters. The van der Waals surface area contributed by atoms with Crippen molar-refractivity contribution in [3.63, 3.8) is 0 Å². The van der Waals surface area contributed by atoms with Crippen LogP contribution >= 0.6 is 0 Å². The van der Waals surface area contributed by atoms with Crippen molar-refractivity contribution in [2.45, 2.75) is 44.6 Å². The number of nitrogens with zero attached hydrogens (tertiary/aromatic N) is 4. The molecule has 2 fully saturated rings. The largest absolute Gasteiger partial charge is 0.435 e. The van der Waals surface area contributed by atoms with Gasteiger partial charge in [0.15, 0.2) is 11.6 Å². The van der Waals surface area contributed by atoms with Crippen molar-refractivity contribution in [3.8, 4) is 5.75 Å². The standard InChI is InChI=1S/C23H29F3N6O3/c24-20-21(28-9-15-7-8-31(11-18(15)33)12-19(27)34)29-13-30-22(20)32(16-3-4-16)10-14-1-5-17(6-2-14)35-23(25)26/h1-2,5-6,13,15-16,18,23,33H,3-4,7-12H2,(H2,27,34)(H,28,29,30)/t15-,18+/m0/s1. The van der Waals surface area contributed by atoms with Crippen LogP contribution in [0.1, 0.15) is 24.8 Å². The number of aliphatic hydroxyl groups excluding tert-OH is 1. The molecule has 0 bridgehead atoms. The first-order chi connectivity index (χ1) is 16.8. The Morgan fingerprint density at radius 3 is 2.63 bits per heavy atom. The number of hydrogen-bond acceptors (Lipinski definition) is 8. The van der Waals surface area contributed by atoms with E-state index in [1.807, 2.05) is 4.90 Å². The third kappa shape index (κ3) is 6.73. The van der Waals surface area contributed by atoms with Gasteiger partial charge in [-0.05, 0) is 43.5 Å². The molecular weight excluding hydrogens is 465 g/mol. The number of carbonyl (C=O) groups excluding carboxylic acids is 1. The van der Waals surface area contributed by atoms with Crippen LogP contribution in [-0.4, -0.2) is 70.8 Å². The van der Waals surface area contributed by atoms with E-state index < -0.39 is 24.4 Å². The second kappa shape index (κ2) is 11.1. The number of β-amino-alcohol motifs (C(OH)–C–C–N with tert-alkyl or cyclic N) is 1. The minimum atomic E-state index is -2.89. The molecule has 190 valence electrons. The Bertz CT molecular complexity index is 1010.